The topological polar surface area (TPSA) is 87.2 Å². The van der Waals surface area contributed by atoms with Gasteiger partial charge >= 0.3 is 0 Å². The van der Waals surface area contributed by atoms with Crippen molar-refractivity contribution in [1.29, 1.82) is 0 Å². The molecule has 0 saturated heterocycles. The molecule has 0 bridgehead atoms. The van der Waals surface area contributed by atoms with E-state index < -0.39 is 12.0 Å². The molecular formula is C21H23N3O3. The van der Waals surface area contributed by atoms with Crippen LogP contribution in [0.3, 0.4) is 0 Å². The van der Waals surface area contributed by atoms with E-state index in [9.17, 15) is 9.90 Å². The minimum Gasteiger partial charge on any atom is -0.491 e. The van der Waals surface area contributed by atoms with Crippen LogP contribution in [0.2, 0.25) is 0 Å². The maximum absolute atomic E-state index is 12.5. The van der Waals surface area contributed by atoms with Gasteiger partial charge in [-0.25, -0.2) is 0 Å². The van der Waals surface area contributed by atoms with Crippen LogP contribution in [0.1, 0.15) is 30.6 Å². The summed E-state index contributed by atoms with van der Waals surface area (Å²) in [5, 5.41) is 19.9. The van der Waals surface area contributed by atoms with Crippen molar-refractivity contribution in [2.75, 3.05) is 11.9 Å². The molecule has 0 spiro atoms. The minimum atomic E-state index is -1.25. The monoisotopic (exact) mass is 365 g/mol. The molecule has 140 valence electrons. The highest BCUT2D eigenvalue weighted by Gasteiger charge is 2.19. The molecule has 6 nitrogen and oxygen atoms in total. The van der Waals surface area contributed by atoms with Gasteiger partial charge in [-0.1, -0.05) is 42.8 Å². The Labute approximate surface area is 158 Å². The van der Waals surface area contributed by atoms with Gasteiger partial charge in [0.2, 0.25) is 0 Å². The molecule has 6 heteroatoms. The van der Waals surface area contributed by atoms with Crippen LogP contribution in [0.15, 0.2) is 54.9 Å². The predicted molar refractivity (Wildman–Crippen MR) is 105 cm³/mol. The van der Waals surface area contributed by atoms with Gasteiger partial charge in [-0.15, -0.1) is 0 Å². The number of amides is 1. The molecular weight excluding hydrogens is 342 g/mol. The lowest BCUT2D eigenvalue weighted by Gasteiger charge is -2.16. The van der Waals surface area contributed by atoms with Crippen LogP contribution in [-0.4, -0.2) is 27.8 Å². The first kappa shape index (κ1) is 18.7. The van der Waals surface area contributed by atoms with E-state index in [0.717, 1.165) is 23.1 Å². The Kier molecular flexibility index (Phi) is 5.88. The van der Waals surface area contributed by atoms with Crippen LogP contribution in [0.5, 0.6) is 5.75 Å². The molecule has 2 aromatic carbocycles. The zero-order valence-corrected chi connectivity index (χ0v) is 15.4. The number of aromatic nitrogens is 2. The SMILES string of the molecule is CCCOc1cc(-c2cn[nH]c2)ccc1NC(=O)C(O)c1ccc(C)cc1. The minimum absolute atomic E-state index is 0.503. The number of nitrogens with one attached hydrogen (secondary N) is 2. The van der Waals surface area contributed by atoms with Crippen LogP contribution < -0.4 is 10.1 Å². The molecule has 3 N–H and O–H groups in total. The predicted octanol–water partition coefficient (Wildman–Crippen LogP) is 3.85. The molecule has 1 atom stereocenters. The van der Waals surface area contributed by atoms with Crippen molar-refractivity contribution in [2.45, 2.75) is 26.4 Å². The van der Waals surface area contributed by atoms with E-state index in [-0.39, 0.29) is 0 Å². The van der Waals surface area contributed by atoms with Crippen molar-refractivity contribution < 1.29 is 14.6 Å². The van der Waals surface area contributed by atoms with Gasteiger partial charge in [0.25, 0.3) is 5.91 Å². The summed E-state index contributed by atoms with van der Waals surface area (Å²) in [6.07, 6.45) is 3.10. The smallest absolute Gasteiger partial charge is 0.257 e. The van der Waals surface area contributed by atoms with Crippen LogP contribution in [0.25, 0.3) is 11.1 Å². The van der Waals surface area contributed by atoms with E-state index in [4.69, 9.17) is 4.74 Å². The van der Waals surface area contributed by atoms with Gasteiger partial charge in [-0.05, 0) is 36.6 Å². The van der Waals surface area contributed by atoms with Crippen molar-refractivity contribution in [3.05, 3.63) is 66.0 Å². The Bertz CT molecular complexity index is 890. The molecule has 3 aromatic rings. The Morgan fingerprint density at radius 3 is 2.67 bits per heavy atom. The number of nitrogens with zero attached hydrogens (tertiary/aromatic N) is 1. The maximum Gasteiger partial charge on any atom is 0.257 e. The lowest BCUT2D eigenvalue weighted by molar-refractivity contribution is -0.124. The van der Waals surface area contributed by atoms with Gasteiger partial charge in [0.15, 0.2) is 6.10 Å². The Morgan fingerprint density at radius 1 is 1.22 bits per heavy atom. The molecule has 0 radical (unpaired) electrons. The maximum atomic E-state index is 12.5. The van der Waals surface area contributed by atoms with Gasteiger partial charge in [0, 0.05) is 11.8 Å². The molecule has 1 unspecified atom stereocenters. The Hall–Kier alpha value is -3.12. The standard InChI is InChI=1S/C21H23N3O3/c1-3-10-27-19-11-16(17-12-22-23-13-17)8-9-18(19)24-21(26)20(25)15-6-4-14(2)5-7-15/h4-9,11-13,20,25H,3,10H2,1-2H3,(H,22,23)(H,24,26). The zero-order valence-electron chi connectivity index (χ0n) is 15.4. The van der Waals surface area contributed by atoms with Gasteiger partial charge < -0.3 is 15.2 Å². The molecule has 3 rings (SSSR count). The summed E-state index contributed by atoms with van der Waals surface area (Å²) in [7, 11) is 0. The van der Waals surface area contributed by atoms with Crippen LogP contribution in [0.4, 0.5) is 5.69 Å². The van der Waals surface area contributed by atoms with Gasteiger partial charge in [0.1, 0.15) is 5.75 Å². The molecule has 0 aliphatic rings. The summed E-state index contributed by atoms with van der Waals surface area (Å²) in [5.74, 6) is 0.0521. The second-order valence-electron chi connectivity index (χ2n) is 6.35. The molecule has 0 fully saturated rings. The van der Waals surface area contributed by atoms with E-state index in [1.165, 1.54) is 0 Å². The van der Waals surface area contributed by atoms with E-state index in [0.29, 0.717) is 23.6 Å². The highest BCUT2D eigenvalue weighted by atomic mass is 16.5. The average Bonchev–Trinajstić information content (AvgIpc) is 3.22. The molecule has 1 aromatic heterocycles. The zero-order chi connectivity index (χ0) is 19.2. The van der Waals surface area contributed by atoms with Crippen molar-refractivity contribution in [3.63, 3.8) is 0 Å². The molecule has 1 heterocycles. The summed E-state index contributed by atoms with van der Waals surface area (Å²) < 4.78 is 5.80. The largest absolute Gasteiger partial charge is 0.491 e. The fraction of sp³-hybridized carbons (Fsp3) is 0.238. The third kappa shape index (κ3) is 4.54. The van der Waals surface area contributed by atoms with Crippen LogP contribution in [0, 0.1) is 6.92 Å². The number of aliphatic hydroxyl groups is 1. The van der Waals surface area contributed by atoms with Crippen molar-refractivity contribution >= 4 is 11.6 Å². The van der Waals surface area contributed by atoms with Gasteiger partial charge in [-0.2, -0.15) is 5.10 Å². The number of ether oxygens (including phenoxy) is 1. The van der Waals surface area contributed by atoms with Crippen LogP contribution in [-0.2, 0) is 4.79 Å². The van der Waals surface area contributed by atoms with E-state index in [1.54, 1.807) is 30.6 Å². The normalized spacial score (nSPS) is 11.8. The first-order valence-electron chi connectivity index (χ1n) is 8.90. The number of carbonyl (C=O) groups excluding carboxylic acids is 1. The molecule has 0 aliphatic heterocycles. The van der Waals surface area contributed by atoms with E-state index in [1.807, 2.05) is 38.1 Å². The highest BCUT2D eigenvalue weighted by Crippen LogP contribution is 2.31. The number of rotatable bonds is 7. The van der Waals surface area contributed by atoms with E-state index in [2.05, 4.69) is 15.5 Å². The second-order valence-corrected chi connectivity index (χ2v) is 6.35. The molecule has 0 saturated carbocycles. The summed E-state index contributed by atoms with van der Waals surface area (Å²) in [6.45, 7) is 4.49. The van der Waals surface area contributed by atoms with Crippen molar-refractivity contribution in [2.24, 2.45) is 0 Å². The Balaban J connectivity index is 1.81. The summed E-state index contributed by atoms with van der Waals surface area (Å²) in [4.78, 5) is 12.5. The third-order valence-electron chi connectivity index (χ3n) is 4.17. The number of anilines is 1. The molecule has 0 aliphatic carbocycles. The quantitative estimate of drug-likeness (QED) is 0.593. The first-order valence-corrected chi connectivity index (χ1v) is 8.90. The second kappa shape index (κ2) is 8.51. The third-order valence-corrected chi connectivity index (χ3v) is 4.17. The van der Waals surface area contributed by atoms with Gasteiger partial charge in [0.05, 0.1) is 18.5 Å². The first-order chi connectivity index (χ1) is 13.1. The lowest BCUT2D eigenvalue weighted by atomic mass is 10.1. The fourth-order valence-electron chi connectivity index (χ4n) is 2.65. The number of aliphatic hydroxyl groups excluding tert-OH is 1. The number of hydrogen-bond donors (Lipinski definition) is 3. The van der Waals surface area contributed by atoms with E-state index >= 15 is 0 Å². The number of carbonyl (C=O) groups is 1. The van der Waals surface area contributed by atoms with Crippen molar-refractivity contribution in [1.82, 2.24) is 10.2 Å². The number of aromatic amines is 1. The number of hydrogen-bond acceptors (Lipinski definition) is 4. The van der Waals surface area contributed by atoms with Crippen LogP contribution >= 0.6 is 0 Å². The average molecular weight is 365 g/mol. The molecule has 27 heavy (non-hydrogen) atoms. The molecule has 1 amide bonds. The highest BCUT2D eigenvalue weighted by molar-refractivity contribution is 5.96. The number of benzene rings is 2. The summed E-state index contributed by atoms with van der Waals surface area (Å²) in [6, 6.07) is 12.7. The van der Waals surface area contributed by atoms with Gasteiger partial charge in [-0.3, -0.25) is 9.89 Å². The summed E-state index contributed by atoms with van der Waals surface area (Å²) in [5.41, 5.74) is 3.98. The number of H-pyrrole nitrogens is 1. The Morgan fingerprint density at radius 2 is 2.00 bits per heavy atom. The van der Waals surface area contributed by atoms with Crippen molar-refractivity contribution in [3.8, 4) is 16.9 Å². The fourth-order valence-corrected chi connectivity index (χ4v) is 2.65. The lowest BCUT2D eigenvalue weighted by Crippen LogP contribution is -2.21. The number of aryl methyl sites for hydroxylation is 1. The summed E-state index contributed by atoms with van der Waals surface area (Å²) >= 11 is 0.